The molecular weight excluding hydrogens is 206 g/mol. The molecular formula is C16H17N. The van der Waals surface area contributed by atoms with Crippen LogP contribution in [0.2, 0.25) is 0 Å². The lowest BCUT2D eigenvalue weighted by Crippen LogP contribution is -1.93. The molecule has 2 aromatic rings. The Kier molecular flexibility index (Phi) is 2.12. The first kappa shape index (κ1) is 10.5. The lowest BCUT2D eigenvalue weighted by molar-refractivity contribution is 1.14. The van der Waals surface area contributed by atoms with Crippen molar-refractivity contribution in [2.24, 2.45) is 0 Å². The SMILES string of the molecule is Cc1cc2c(cn1)-c1c(C)cc(C)c(C)c1C2. The molecule has 0 atom stereocenters. The van der Waals surface area contributed by atoms with Crippen molar-refractivity contribution in [3.05, 3.63) is 51.8 Å². The van der Waals surface area contributed by atoms with E-state index in [-0.39, 0.29) is 0 Å². The van der Waals surface area contributed by atoms with Crippen molar-refractivity contribution < 1.29 is 0 Å². The van der Waals surface area contributed by atoms with Gasteiger partial charge in [-0.15, -0.1) is 0 Å². The smallest absolute Gasteiger partial charge is 0.0375 e. The first-order chi connectivity index (χ1) is 8.08. The van der Waals surface area contributed by atoms with Gasteiger partial charge in [-0.05, 0) is 73.6 Å². The van der Waals surface area contributed by atoms with Gasteiger partial charge in [-0.2, -0.15) is 0 Å². The van der Waals surface area contributed by atoms with Crippen LogP contribution in [0.5, 0.6) is 0 Å². The van der Waals surface area contributed by atoms with Crippen molar-refractivity contribution in [2.75, 3.05) is 0 Å². The number of hydrogen-bond donors (Lipinski definition) is 0. The van der Waals surface area contributed by atoms with E-state index in [0.717, 1.165) is 12.1 Å². The highest BCUT2D eigenvalue weighted by molar-refractivity contribution is 5.80. The fourth-order valence-corrected chi connectivity index (χ4v) is 2.94. The Balaban J connectivity index is 2.34. The molecule has 86 valence electrons. The molecule has 1 aromatic carbocycles. The fraction of sp³-hybridized carbons (Fsp3) is 0.312. The van der Waals surface area contributed by atoms with Crippen LogP contribution in [0.4, 0.5) is 0 Å². The Labute approximate surface area is 103 Å². The zero-order valence-electron chi connectivity index (χ0n) is 10.9. The van der Waals surface area contributed by atoms with E-state index in [4.69, 9.17) is 0 Å². The molecule has 1 aliphatic carbocycles. The molecule has 1 aromatic heterocycles. The number of benzene rings is 1. The summed E-state index contributed by atoms with van der Waals surface area (Å²) in [6.45, 7) is 8.71. The third-order valence-corrected chi connectivity index (χ3v) is 3.94. The number of aryl methyl sites for hydroxylation is 3. The summed E-state index contributed by atoms with van der Waals surface area (Å²) in [5, 5.41) is 0. The van der Waals surface area contributed by atoms with Gasteiger partial charge in [-0.25, -0.2) is 0 Å². The molecule has 1 heteroatoms. The van der Waals surface area contributed by atoms with Crippen molar-refractivity contribution in [1.82, 2.24) is 4.98 Å². The van der Waals surface area contributed by atoms with Crippen molar-refractivity contribution in [3.63, 3.8) is 0 Å². The number of pyridine rings is 1. The second kappa shape index (κ2) is 3.43. The number of hydrogen-bond acceptors (Lipinski definition) is 1. The van der Waals surface area contributed by atoms with E-state index in [1.807, 2.05) is 6.20 Å². The van der Waals surface area contributed by atoms with Gasteiger partial charge in [0.05, 0.1) is 0 Å². The second-order valence-electron chi connectivity index (χ2n) is 5.15. The lowest BCUT2D eigenvalue weighted by Gasteiger charge is -2.11. The molecule has 1 nitrogen and oxygen atoms in total. The number of fused-ring (bicyclic) bond motifs is 3. The highest BCUT2D eigenvalue weighted by Crippen LogP contribution is 2.41. The van der Waals surface area contributed by atoms with Crippen LogP contribution >= 0.6 is 0 Å². The quantitative estimate of drug-likeness (QED) is 0.563. The molecule has 0 saturated carbocycles. The van der Waals surface area contributed by atoms with Crippen molar-refractivity contribution in [3.8, 4) is 11.1 Å². The summed E-state index contributed by atoms with van der Waals surface area (Å²) in [7, 11) is 0. The predicted molar refractivity (Wildman–Crippen MR) is 71.4 cm³/mol. The van der Waals surface area contributed by atoms with Gasteiger partial charge < -0.3 is 0 Å². The van der Waals surface area contributed by atoms with Crippen LogP contribution in [0.1, 0.15) is 33.5 Å². The third-order valence-electron chi connectivity index (χ3n) is 3.94. The van der Waals surface area contributed by atoms with Gasteiger partial charge in [0.15, 0.2) is 0 Å². The molecule has 0 radical (unpaired) electrons. The average molecular weight is 223 g/mol. The van der Waals surface area contributed by atoms with Crippen LogP contribution in [-0.2, 0) is 6.42 Å². The largest absolute Gasteiger partial charge is 0.261 e. The van der Waals surface area contributed by atoms with Crippen LogP contribution in [0.15, 0.2) is 18.3 Å². The zero-order valence-corrected chi connectivity index (χ0v) is 10.9. The highest BCUT2D eigenvalue weighted by atomic mass is 14.7. The number of nitrogens with zero attached hydrogens (tertiary/aromatic N) is 1. The predicted octanol–water partition coefficient (Wildman–Crippen LogP) is 3.89. The van der Waals surface area contributed by atoms with Crippen LogP contribution in [0.3, 0.4) is 0 Å². The normalized spacial score (nSPS) is 12.5. The molecule has 0 bridgehead atoms. The Morgan fingerprint density at radius 2 is 1.76 bits per heavy atom. The lowest BCUT2D eigenvalue weighted by atomic mass is 9.94. The molecule has 0 amide bonds. The van der Waals surface area contributed by atoms with Crippen molar-refractivity contribution >= 4 is 0 Å². The standard InChI is InChI=1S/C16H17N/c1-9-5-10(2)16-14(12(9)4)7-13-6-11(3)17-8-15(13)16/h5-6,8H,7H2,1-4H3. The van der Waals surface area contributed by atoms with E-state index >= 15 is 0 Å². The van der Waals surface area contributed by atoms with Crippen molar-refractivity contribution in [2.45, 2.75) is 34.1 Å². The maximum Gasteiger partial charge on any atom is 0.0375 e. The van der Waals surface area contributed by atoms with E-state index < -0.39 is 0 Å². The minimum absolute atomic E-state index is 1.07. The first-order valence-electron chi connectivity index (χ1n) is 6.13. The Morgan fingerprint density at radius 3 is 2.53 bits per heavy atom. The zero-order chi connectivity index (χ0) is 12.2. The van der Waals surface area contributed by atoms with Gasteiger partial charge in [0.1, 0.15) is 0 Å². The van der Waals surface area contributed by atoms with Crippen molar-refractivity contribution in [1.29, 1.82) is 0 Å². The van der Waals surface area contributed by atoms with E-state index in [9.17, 15) is 0 Å². The van der Waals surface area contributed by atoms with Crippen LogP contribution in [0.25, 0.3) is 11.1 Å². The minimum Gasteiger partial charge on any atom is -0.261 e. The Morgan fingerprint density at radius 1 is 1.00 bits per heavy atom. The van der Waals surface area contributed by atoms with Gasteiger partial charge in [0, 0.05) is 17.5 Å². The summed E-state index contributed by atoms with van der Waals surface area (Å²) in [5.41, 5.74) is 11.0. The average Bonchev–Trinajstić information content (AvgIpc) is 2.64. The van der Waals surface area contributed by atoms with Gasteiger partial charge in [-0.1, -0.05) is 6.07 Å². The molecule has 0 unspecified atom stereocenters. The molecule has 1 aliphatic rings. The Hall–Kier alpha value is -1.63. The Bertz CT molecular complexity index is 624. The second-order valence-corrected chi connectivity index (χ2v) is 5.15. The summed E-state index contributed by atoms with van der Waals surface area (Å²) in [5.74, 6) is 0. The van der Waals surface area contributed by atoms with E-state index in [2.05, 4.69) is 44.8 Å². The number of aromatic nitrogens is 1. The van der Waals surface area contributed by atoms with Gasteiger partial charge >= 0.3 is 0 Å². The fourth-order valence-electron chi connectivity index (χ4n) is 2.94. The van der Waals surface area contributed by atoms with Crippen LogP contribution < -0.4 is 0 Å². The summed E-state index contributed by atoms with van der Waals surface area (Å²) in [6.07, 6.45) is 3.11. The monoisotopic (exact) mass is 223 g/mol. The van der Waals surface area contributed by atoms with E-state index in [1.54, 1.807) is 0 Å². The van der Waals surface area contributed by atoms with Gasteiger partial charge in [0.2, 0.25) is 0 Å². The molecule has 0 aliphatic heterocycles. The third kappa shape index (κ3) is 1.42. The maximum atomic E-state index is 4.44. The highest BCUT2D eigenvalue weighted by Gasteiger charge is 2.23. The van der Waals surface area contributed by atoms with Gasteiger partial charge in [-0.3, -0.25) is 4.98 Å². The summed E-state index contributed by atoms with van der Waals surface area (Å²) < 4.78 is 0. The maximum absolute atomic E-state index is 4.44. The van der Waals surface area contributed by atoms with Gasteiger partial charge in [0.25, 0.3) is 0 Å². The molecule has 0 N–H and O–H groups in total. The molecule has 0 saturated heterocycles. The molecule has 1 heterocycles. The topological polar surface area (TPSA) is 12.9 Å². The van der Waals surface area contributed by atoms with Crippen LogP contribution in [-0.4, -0.2) is 4.98 Å². The summed E-state index contributed by atoms with van der Waals surface area (Å²) in [6, 6.07) is 4.52. The molecule has 3 rings (SSSR count). The van der Waals surface area contributed by atoms with E-state index in [1.165, 1.54) is 38.9 Å². The number of rotatable bonds is 0. The van der Waals surface area contributed by atoms with Crippen LogP contribution in [0, 0.1) is 27.7 Å². The first-order valence-corrected chi connectivity index (χ1v) is 6.13. The summed E-state index contributed by atoms with van der Waals surface area (Å²) in [4.78, 5) is 4.44. The summed E-state index contributed by atoms with van der Waals surface area (Å²) >= 11 is 0. The minimum atomic E-state index is 1.07. The van der Waals surface area contributed by atoms with E-state index in [0.29, 0.717) is 0 Å². The molecule has 0 spiro atoms. The molecule has 0 fully saturated rings. The molecule has 17 heavy (non-hydrogen) atoms.